The third kappa shape index (κ3) is 4.20. The summed E-state index contributed by atoms with van der Waals surface area (Å²) in [7, 11) is 4.16. The standard InChI is InChI=1S/C18H20ClN3OS2/c1-4-12-5-6-13-15(11-12)25-18(20-13)22(10-9-21(2)3)17(23)14-7-8-16(19)24-14/h5-8,11H,4,9-10H2,1-3H3/p+1. The third-order valence-electron chi connectivity index (χ3n) is 3.95. The largest absolute Gasteiger partial charge is 0.338 e. The third-order valence-corrected chi connectivity index (χ3v) is 6.21. The van der Waals surface area contributed by atoms with Gasteiger partial charge in [-0.3, -0.25) is 9.69 Å². The molecule has 0 saturated heterocycles. The van der Waals surface area contributed by atoms with Crippen LogP contribution in [0.4, 0.5) is 5.13 Å². The normalized spacial score (nSPS) is 11.4. The molecule has 0 atom stereocenters. The van der Waals surface area contributed by atoms with E-state index in [1.54, 1.807) is 28.4 Å². The number of carbonyl (C=O) groups excluding carboxylic acids is 1. The number of fused-ring (bicyclic) bond motifs is 1. The molecule has 0 radical (unpaired) electrons. The number of anilines is 1. The molecule has 132 valence electrons. The molecule has 2 heterocycles. The van der Waals surface area contributed by atoms with Gasteiger partial charge in [-0.1, -0.05) is 35.9 Å². The fourth-order valence-corrected chi connectivity index (χ4v) is 4.52. The van der Waals surface area contributed by atoms with Gasteiger partial charge in [0.25, 0.3) is 5.91 Å². The monoisotopic (exact) mass is 394 g/mol. The zero-order valence-electron chi connectivity index (χ0n) is 14.5. The van der Waals surface area contributed by atoms with Gasteiger partial charge in [-0.2, -0.15) is 0 Å². The number of benzene rings is 1. The number of aromatic nitrogens is 1. The fraction of sp³-hybridized carbons (Fsp3) is 0.333. The minimum Gasteiger partial charge on any atom is -0.338 e. The van der Waals surface area contributed by atoms with Crippen molar-refractivity contribution in [1.82, 2.24) is 4.98 Å². The maximum atomic E-state index is 13.0. The molecule has 1 N–H and O–H groups in total. The Hall–Kier alpha value is -1.47. The van der Waals surface area contributed by atoms with Gasteiger partial charge in [-0.05, 0) is 36.2 Å². The number of amides is 1. The summed E-state index contributed by atoms with van der Waals surface area (Å²) in [5, 5.41) is 0.749. The SMILES string of the molecule is CCc1ccc2nc(N(CC[NH+](C)C)C(=O)c3ccc(Cl)s3)sc2c1. The highest BCUT2D eigenvalue weighted by molar-refractivity contribution is 7.22. The van der Waals surface area contributed by atoms with Crippen LogP contribution in [0.15, 0.2) is 30.3 Å². The second-order valence-electron chi connectivity index (χ2n) is 6.17. The molecule has 7 heteroatoms. The molecular formula is C18H21ClN3OS2+. The van der Waals surface area contributed by atoms with Crippen LogP contribution in [0.25, 0.3) is 10.2 Å². The molecule has 0 saturated carbocycles. The van der Waals surface area contributed by atoms with Crippen molar-refractivity contribution >= 4 is 55.5 Å². The van der Waals surface area contributed by atoms with E-state index in [1.165, 1.54) is 21.8 Å². The van der Waals surface area contributed by atoms with Crippen molar-refractivity contribution in [3.05, 3.63) is 45.1 Å². The van der Waals surface area contributed by atoms with Gasteiger partial charge in [0.05, 0.1) is 46.6 Å². The van der Waals surface area contributed by atoms with E-state index < -0.39 is 0 Å². The van der Waals surface area contributed by atoms with Crippen molar-refractivity contribution < 1.29 is 9.69 Å². The van der Waals surface area contributed by atoms with Gasteiger partial charge in [0.15, 0.2) is 5.13 Å². The molecule has 3 rings (SSSR count). The van der Waals surface area contributed by atoms with Gasteiger partial charge in [0, 0.05) is 0 Å². The van der Waals surface area contributed by atoms with Crippen molar-refractivity contribution in [2.24, 2.45) is 0 Å². The molecule has 2 aromatic heterocycles. The van der Waals surface area contributed by atoms with Gasteiger partial charge in [0.2, 0.25) is 0 Å². The molecule has 0 aliphatic rings. The Morgan fingerprint density at radius 1 is 1.24 bits per heavy atom. The Morgan fingerprint density at radius 3 is 2.68 bits per heavy atom. The number of carbonyl (C=O) groups is 1. The van der Waals surface area contributed by atoms with Crippen LogP contribution < -0.4 is 9.80 Å². The van der Waals surface area contributed by atoms with Gasteiger partial charge in [-0.15, -0.1) is 11.3 Å². The molecule has 4 nitrogen and oxygen atoms in total. The number of rotatable bonds is 6. The minimum atomic E-state index is -0.0343. The first-order valence-electron chi connectivity index (χ1n) is 8.23. The molecule has 0 fully saturated rings. The maximum absolute atomic E-state index is 13.0. The lowest BCUT2D eigenvalue weighted by Crippen LogP contribution is -3.06. The molecule has 25 heavy (non-hydrogen) atoms. The highest BCUT2D eigenvalue weighted by atomic mass is 35.5. The van der Waals surface area contributed by atoms with Crippen LogP contribution in [-0.2, 0) is 6.42 Å². The first kappa shape index (κ1) is 18.3. The number of quaternary nitrogens is 1. The molecule has 1 aromatic carbocycles. The molecule has 0 spiro atoms. The van der Waals surface area contributed by atoms with Crippen LogP contribution in [0.2, 0.25) is 4.34 Å². The number of hydrogen-bond acceptors (Lipinski definition) is 4. The van der Waals surface area contributed by atoms with E-state index in [1.807, 2.05) is 6.07 Å². The van der Waals surface area contributed by atoms with Crippen LogP contribution in [-0.4, -0.2) is 38.1 Å². The summed E-state index contributed by atoms with van der Waals surface area (Å²) in [6, 6.07) is 9.85. The summed E-state index contributed by atoms with van der Waals surface area (Å²) in [5.41, 5.74) is 2.22. The minimum absolute atomic E-state index is 0.0343. The molecule has 0 aliphatic heterocycles. The van der Waals surface area contributed by atoms with Gasteiger partial charge in [0.1, 0.15) is 0 Å². The van der Waals surface area contributed by atoms with Gasteiger partial charge < -0.3 is 4.90 Å². The molecule has 3 aromatic rings. The molecular weight excluding hydrogens is 374 g/mol. The van der Waals surface area contributed by atoms with Crippen LogP contribution in [0, 0.1) is 0 Å². The first-order valence-corrected chi connectivity index (χ1v) is 10.2. The fourth-order valence-electron chi connectivity index (χ4n) is 2.47. The number of nitrogens with zero attached hydrogens (tertiary/aromatic N) is 2. The number of nitrogens with one attached hydrogen (secondary N) is 1. The number of halogens is 1. The van der Waals surface area contributed by atoms with Crippen molar-refractivity contribution in [3.8, 4) is 0 Å². The second kappa shape index (κ2) is 7.83. The van der Waals surface area contributed by atoms with E-state index in [-0.39, 0.29) is 5.91 Å². The zero-order chi connectivity index (χ0) is 18.0. The van der Waals surface area contributed by atoms with E-state index in [2.05, 4.69) is 33.2 Å². The summed E-state index contributed by atoms with van der Waals surface area (Å²) in [6.45, 7) is 3.61. The van der Waals surface area contributed by atoms with E-state index in [0.717, 1.165) is 28.3 Å². The quantitative estimate of drug-likeness (QED) is 0.696. The van der Waals surface area contributed by atoms with Crippen molar-refractivity contribution in [2.45, 2.75) is 13.3 Å². The zero-order valence-corrected chi connectivity index (χ0v) is 16.9. The lowest BCUT2D eigenvalue weighted by molar-refractivity contribution is -0.856. The van der Waals surface area contributed by atoms with Gasteiger partial charge >= 0.3 is 0 Å². The molecule has 0 bridgehead atoms. The predicted molar refractivity (Wildman–Crippen MR) is 108 cm³/mol. The number of thiophene rings is 1. The molecule has 1 amide bonds. The molecule has 0 unspecified atom stereocenters. The van der Waals surface area contributed by atoms with E-state index in [0.29, 0.717) is 15.8 Å². The van der Waals surface area contributed by atoms with Crippen LogP contribution in [0.3, 0.4) is 0 Å². The summed E-state index contributed by atoms with van der Waals surface area (Å²) in [6.07, 6.45) is 0.990. The Balaban J connectivity index is 1.97. The van der Waals surface area contributed by atoms with Crippen molar-refractivity contribution in [1.29, 1.82) is 0 Å². The highest BCUT2D eigenvalue weighted by Gasteiger charge is 2.23. The van der Waals surface area contributed by atoms with Gasteiger partial charge in [-0.25, -0.2) is 4.98 Å². The predicted octanol–water partition coefficient (Wildman–Crippen LogP) is 3.36. The van der Waals surface area contributed by atoms with E-state index >= 15 is 0 Å². The summed E-state index contributed by atoms with van der Waals surface area (Å²) in [4.78, 5) is 21.4. The lowest BCUT2D eigenvalue weighted by atomic mass is 10.2. The van der Waals surface area contributed by atoms with Crippen molar-refractivity contribution in [2.75, 3.05) is 32.1 Å². The lowest BCUT2D eigenvalue weighted by Gasteiger charge is -2.19. The Bertz CT molecular complexity index is 887. The topological polar surface area (TPSA) is 37.6 Å². The van der Waals surface area contributed by atoms with Crippen LogP contribution in [0.5, 0.6) is 0 Å². The van der Waals surface area contributed by atoms with E-state index in [9.17, 15) is 4.79 Å². The summed E-state index contributed by atoms with van der Waals surface area (Å²) >= 11 is 8.89. The first-order chi connectivity index (χ1) is 12.0. The average molecular weight is 395 g/mol. The summed E-state index contributed by atoms with van der Waals surface area (Å²) in [5.74, 6) is -0.0343. The summed E-state index contributed by atoms with van der Waals surface area (Å²) < 4.78 is 1.74. The van der Waals surface area contributed by atoms with E-state index in [4.69, 9.17) is 16.6 Å². The number of aryl methyl sites for hydroxylation is 1. The van der Waals surface area contributed by atoms with Crippen LogP contribution >= 0.6 is 34.3 Å². The Morgan fingerprint density at radius 2 is 2.04 bits per heavy atom. The molecule has 0 aliphatic carbocycles. The number of thiazole rings is 1. The smallest absolute Gasteiger partial charge is 0.270 e. The second-order valence-corrected chi connectivity index (χ2v) is 8.89. The number of likely N-dealkylation sites (N-methyl/N-ethyl adjacent to an activating group) is 1. The average Bonchev–Trinajstić information content (AvgIpc) is 3.19. The highest BCUT2D eigenvalue weighted by Crippen LogP contribution is 2.31. The Labute approximate surface area is 160 Å². The maximum Gasteiger partial charge on any atom is 0.270 e. The Kier molecular flexibility index (Phi) is 5.74. The number of hydrogen-bond donors (Lipinski definition) is 1. The van der Waals surface area contributed by atoms with Crippen molar-refractivity contribution in [3.63, 3.8) is 0 Å². The van der Waals surface area contributed by atoms with Crippen LogP contribution in [0.1, 0.15) is 22.2 Å².